The van der Waals surface area contributed by atoms with E-state index in [1.54, 1.807) is 0 Å². The number of benzene rings is 1. The maximum atomic E-state index is 6.25. The Balaban J connectivity index is 2.88. The Morgan fingerprint density at radius 1 is 1.17 bits per heavy atom. The quantitative estimate of drug-likeness (QED) is 0.727. The molecule has 0 amide bonds. The van der Waals surface area contributed by atoms with Crippen LogP contribution in [0.15, 0.2) is 30.8 Å². The number of hydrogen-bond acceptors (Lipinski definition) is 1. The fourth-order valence-electron chi connectivity index (χ4n) is 1.63. The summed E-state index contributed by atoms with van der Waals surface area (Å²) in [7, 11) is 0. The topological polar surface area (TPSA) is 9.23 Å². The summed E-state index contributed by atoms with van der Waals surface area (Å²) in [6.45, 7) is 16.9. The van der Waals surface area contributed by atoms with Crippen molar-refractivity contribution in [1.82, 2.24) is 0 Å². The van der Waals surface area contributed by atoms with Crippen molar-refractivity contribution >= 4 is 18.5 Å². The predicted octanol–water partition coefficient (Wildman–Crippen LogP) is 4.00. The van der Waals surface area contributed by atoms with Crippen LogP contribution in [0.25, 0.3) is 6.08 Å². The highest BCUT2D eigenvalue weighted by molar-refractivity contribution is 6.66. The van der Waals surface area contributed by atoms with Crippen molar-refractivity contribution in [2.75, 3.05) is 0 Å². The number of hydrogen-bond donors (Lipinski definition) is 0. The molecular weight excluding hydrogens is 219 g/mol. The highest BCUT2D eigenvalue weighted by Crippen LogP contribution is 2.33. The van der Waals surface area contributed by atoms with Crippen LogP contribution in [-0.2, 0) is 4.65 Å². The average molecular weight is 244 g/mol. The van der Waals surface area contributed by atoms with Crippen molar-refractivity contribution in [3.63, 3.8) is 0 Å². The van der Waals surface area contributed by atoms with Crippen molar-refractivity contribution in [1.29, 1.82) is 0 Å². The minimum absolute atomic E-state index is 0.0825. The molecule has 0 N–H and O–H groups in total. The second-order valence-corrected chi connectivity index (χ2v) is 6.39. The SMILES string of the molecule is C=Cc1cccc(B(C)OC(C)(C)C(C)(C)C)c1. The van der Waals surface area contributed by atoms with Gasteiger partial charge in [0.15, 0.2) is 0 Å². The summed E-state index contributed by atoms with van der Waals surface area (Å²) < 4.78 is 6.25. The lowest BCUT2D eigenvalue weighted by Crippen LogP contribution is -2.46. The second-order valence-electron chi connectivity index (χ2n) is 6.39. The molecule has 0 atom stereocenters. The van der Waals surface area contributed by atoms with Crippen LogP contribution in [0.1, 0.15) is 40.2 Å². The molecule has 0 fully saturated rings. The van der Waals surface area contributed by atoms with Gasteiger partial charge in [0.1, 0.15) is 0 Å². The second kappa shape index (κ2) is 5.32. The van der Waals surface area contributed by atoms with Gasteiger partial charge >= 0.3 is 6.92 Å². The highest BCUT2D eigenvalue weighted by atomic mass is 16.5. The van der Waals surface area contributed by atoms with Crippen LogP contribution in [0, 0.1) is 5.41 Å². The molecule has 18 heavy (non-hydrogen) atoms. The van der Waals surface area contributed by atoms with Crippen LogP contribution in [0.5, 0.6) is 0 Å². The van der Waals surface area contributed by atoms with Gasteiger partial charge in [-0.3, -0.25) is 0 Å². The van der Waals surface area contributed by atoms with Crippen LogP contribution in [0.3, 0.4) is 0 Å². The van der Waals surface area contributed by atoms with Gasteiger partial charge in [-0.05, 0) is 30.3 Å². The summed E-state index contributed by atoms with van der Waals surface area (Å²) >= 11 is 0. The fourth-order valence-corrected chi connectivity index (χ4v) is 1.63. The molecule has 0 heterocycles. The molecule has 1 rings (SSSR count). The van der Waals surface area contributed by atoms with Gasteiger partial charge < -0.3 is 4.65 Å². The zero-order valence-electron chi connectivity index (χ0n) is 12.6. The average Bonchev–Trinajstić information content (AvgIpc) is 2.27. The third kappa shape index (κ3) is 3.49. The molecule has 1 nitrogen and oxygen atoms in total. The van der Waals surface area contributed by atoms with E-state index in [1.165, 1.54) is 5.46 Å². The molecule has 2 heteroatoms. The Labute approximate surface area is 112 Å². The van der Waals surface area contributed by atoms with Crippen LogP contribution in [0.4, 0.5) is 0 Å². The van der Waals surface area contributed by atoms with E-state index < -0.39 is 0 Å². The third-order valence-electron chi connectivity index (χ3n) is 3.89. The Morgan fingerprint density at radius 2 is 1.78 bits per heavy atom. The summed E-state index contributed by atoms with van der Waals surface area (Å²) in [4.78, 5) is 0. The monoisotopic (exact) mass is 244 g/mol. The molecule has 0 aliphatic heterocycles. The summed E-state index contributed by atoms with van der Waals surface area (Å²) in [6.07, 6.45) is 1.87. The molecule has 0 saturated heterocycles. The van der Waals surface area contributed by atoms with Gasteiger partial charge in [-0.2, -0.15) is 0 Å². The van der Waals surface area contributed by atoms with Crippen molar-refractivity contribution in [2.45, 2.75) is 47.0 Å². The van der Waals surface area contributed by atoms with Crippen LogP contribution < -0.4 is 5.46 Å². The molecule has 0 saturated carbocycles. The maximum absolute atomic E-state index is 6.25. The molecule has 0 aromatic heterocycles. The molecule has 0 aliphatic rings. The van der Waals surface area contributed by atoms with Gasteiger partial charge in [-0.1, -0.05) is 64.5 Å². The van der Waals surface area contributed by atoms with Gasteiger partial charge in [-0.15, -0.1) is 0 Å². The Kier molecular flexibility index (Phi) is 4.44. The molecule has 1 aromatic carbocycles. The van der Waals surface area contributed by atoms with Gasteiger partial charge in [0.2, 0.25) is 0 Å². The van der Waals surface area contributed by atoms with E-state index >= 15 is 0 Å². The first kappa shape index (κ1) is 15.0. The summed E-state index contributed by atoms with van der Waals surface area (Å²) in [6, 6.07) is 8.35. The van der Waals surface area contributed by atoms with Crippen molar-refractivity contribution in [3.05, 3.63) is 36.4 Å². The molecule has 0 spiro atoms. The minimum Gasteiger partial charge on any atom is -0.426 e. The Morgan fingerprint density at radius 3 is 2.28 bits per heavy atom. The van der Waals surface area contributed by atoms with Crippen molar-refractivity contribution in [3.8, 4) is 0 Å². The first-order valence-corrected chi connectivity index (χ1v) is 6.57. The molecule has 98 valence electrons. The summed E-state index contributed by atoms with van der Waals surface area (Å²) in [5, 5.41) is 0. The number of rotatable bonds is 4. The highest BCUT2D eigenvalue weighted by Gasteiger charge is 2.35. The lowest BCUT2D eigenvalue weighted by atomic mass is 9.61. The third-order valence-corrected chi connectivity index (χ3v) is 3.89. The van der Waals surface area contributed by atoms with Crippen LogP contribution in [-0.4, -0.2) is 12.5 Å². The smallest absolute Gasteiger partial charge is 0.324 e. The van der Waals surface area contributed by atoms with E-state index in [9.17, 15) is 0 Å². The summed E-state index contributed by atoms with van der Waals surface area (Å²) in [5.74, 6) is 0. The zero-order valence-corrected chi connectivity index (χ0v) is 12.6. The zero-order chi connectivity index (χ0) is 14.0. The first-order chi connectivity index (χ1) is 8.17. The fraction of sp³-hybridized carbons (Fsp3) is 0.500. The standard InChI is InChI=1S/C16H25BO/c1-8-13-10-9-11-14(12-13)17(7)18-16(5,6)15(2,3)4/h8-12H,1H2,2-7H3. The van der Waals surface area contributed by atoms with Gasteiger partial charge in [0.05, 0.1) is 5.60 Å². The molecular formula is C16H25BO. The van der Waals surface area contributed by atoms with E-state index in [0.717, 1.165) is 5.56 Å². The maximum Gasteiger partial charge on any atom is 0.324 e. The Bertz CT molecular complexity index is 415. The lowest BCUT2D eigenvalue weighted by Gasteiger charge is -2.40. The molecule has 0 unspecified atom stereocenters. The van der Waals surface area contributed by atoms with Gasteiger partial charge in [-0.25, -0.2) is 0 Å². The van der Waals surface area contributed by atoms with Crippen LogP contribution >= 0.6 is 0 Å². The molecule has 0 bridgehead atoms. The van der Waals surface area contributed by atoms with Crippen molar-refractivity contribution in [2.24, 2.45) is 5.41 Å². The molecule has 1 aromatic rings. The normalized spacial score (nSPS) is 12.3. The molecule has 0 aliphatic carbocycles. The van der Waals surface area contributed by atoms with Gasteiger partial charge in [0.25, 0.3) is 0 Å². The molecule has 0 radical (unpaired) electrons. The van der Waals surface area contributed by atoms with Crippen LogP contribution in [0.2, 0.25) is 6.82 Å². The largest absolute Gasteiger partial charge is 0.426 e. The van der Waals surface area contributed by atoms with E-state index in [-0.39, 0.29) is 17.9 Å². The van der Waals surface area contributed by atoms with Gasteiger partial charge in [0, 0.05) is 0 Å². The Hall–Kier alpha value is -1.02. The first-order valence-electron chi connectivity index (χ1n) is 6.57. The predicted molar refractivity (Wildman–Crippen MR) is 82.4 cm³/mol. The van der Waals surface area contributed by atoms with Crippen molar-refractivity contribution < 1.29 is 4.65 Å². The lowest BCUT2D eigenvalue weighted by molar-refractivity contribution is 0.000450. The van der Waals surface area contributed by atoms with E-state index in [2.05, 4.69) is 72.3 Å². The van der Waals surface area contributed by atoms with E-state index in [4.69, 9.17) is 4.65 Å². The summed E-state index contributed by atoms with van der Waals surface area (Å²) in [5.41, 5.74) is 2.27. The van der Waals surface area contributed by atoms with E-state index in [0.29, 0.717) is 0 Å². The van der Waals surface area contributed by atoms with E-state index in [1.807, 2.05) is 6.08 Å². The minimum atomic E-state index is -0.170.